The molecule has 1 unspecified atom stereocenters. The fourth-order valence-electron chi connectivity index (χ4n) is 1.37. The molecular formula is C11H18N2O2. The summed E-state index contributed by atoms with van der Waals surface area (Å²) in [6, 6.07) is 7.51. The van der Waals surface area contributed by atoms with Gasteiger partial charge in [-0.2, -0.15) is 0 Å². The summed E-state index contributed by atoms with van der Waals surface area (Å²) in [5.74, 6) is 0. The number of rotatable bonds is 5. The summed E-state index contributed by atoms with van der Waals surface area (Å²) in [6.45, 7) is 0.953. The second-order valence-electron chi connectivity index (χ2n) is 3.49. The molecule has 4 nitrogen and oxygen atoms in total. The van der Waals surface area contributed by atoms with E-state index in [1.165, 1.54) is 0 Å². The Morgan fingerprint density at radius 3 is 2.40 bits per heavy atom. The zero-order chi connectivity index (χ0) is 11.3. The average Bonchev–Trinajstić information content (AvgIpc) is 2.28. The SMILES string of the molecule is CN(CCO)c1ccc(C(O)CN)cc1. The molecule has 4 N–H and O–H groups in total. The Bertz CT molecular complexity index is 287. The second-order valence-corrected chi connectivity index (χ2v) is 3.49. The van der Waals surface area contributed by atoms with Crippen molar-refractivity contribution in [2.75, 3.05) is 31.6 Å². The van der Waals surface area contributed by atoms with Crippen LogP contribution in [0.5, 0.6) is 0 Å². The van der Waals surface area contributed by atoms with E-state index in [0.717, 1.165) is 11.3 Å². The minimum atomic E-state index is -0.595. The zero-order valence-electron chi connectivity index (χ0n) is 8.93. The summed E-state index contributed by atoms with van der Waals surface area (Å²) in [6.07, 6.45) is -0.595. The first kappa shape index (κ1) is 12.0. The normalized spacial score (nSPS) is 12.5. The van der Waals surface area contributed by atoms with Crippen LogP contribution in [0.3, 0.4) is 0 Å². The Morgan fingerprint density at radius 2 is 1.93 bits per heavy atom. The molecule has 0 amide bonds. The van der Waals surface area contributed by atoms with E-state index in [1.807, 2.05) is 36.2 Å². The van der Waals surface area contributed by atoms with Crippen LogP contribution < -0.4 is 10.6 Å². The minimum absolute atomic E-state index is 0.129. The van der Waals surface area contributed by atoms with Crippen LogP contribution in [0.4, 0.5) is 5.69 Å². The van der Waals surface area contributed by atoms with Crippen LogP contribution in [0, 0.1) is 0 Å². The maximum absolute atomic E-state index is 9.48. The lowest BCUT2D eigenvalue weighted by Crippen LogP contribution is -2.21. The van der Waals surface area contributed by atoms with Crippen LogP contribution in [0.15, 0.2) is 24.3 Å². The lowest BCUT2D eigenvalue weighted by Gasteiger charge is -2.18. The number of nitrogens with zero attached hydrogens (tertiary/aromatic N) is 1. The fraction of sp³-hybridized carbons (Fsp3) is 0.455. The van der Waals surface area contributed by atoms with Gasteiger partial charge in [-0.3, -0.25) is 0 Å². The molecule has 0 aromatic heterocycles. The molecular weight excluding hydrogens is 192 g/mol. The highest BCUT2D eigenvalue weighted by molar-refractivity contribution is 5.47. The van der Waals surface area contributed by atoms with Gasteiger partial charge < -0.3 is 20.8 Å². The molecule has 0 saturated carbocycles. The van der Waals surface area contributed by atoms with E-state index in [-0.39, 0.29) is 13.2 Å². The number of likely N-dealkylation sites (N-methyl/N-ethyl adjacent to an activating group) is 1. The molecule has 0 fully saturated rings. The minimum Gasteiger partial charge on any atom is -0.395 e. The molecule has 0 aliphatic heterocycles. The van der Waals surface area contributed by atoms with E-state index >= 15 is 0 Å². The monoisotopic (exact) mass is 210 g/mol. The van der Waals surface area contributed by atoms with Gasteiger partial charge in [-0.15, -0.1) is 0 Å². The lowest BCUT2D eigenvalue weighted by atomic mass is 10.1. The van der Waals surface area contributed by atoms with Crippen molar-refractivity contribution < 1.29 is 10.2 Å². The predicted octanol–water partition coefficient (Wildman–Crippen LogP) is 0.107. The Morgan fingerprint density at radius 1 is 1.33 bits per heavy atom. The van der Waals surface area contributed by atoms with Crippen molar-refractivity contribution in [3.63, 3.8) is 0 Å². The molecule has 0 spiro atoms. The van der Waals surface area contributed by atoms with Gasteiger partial charge in [-0.05, 0) is 17.7 Å². The molecule has 0 aliphatic carbocycles. The van der Waals surface area contributed by atoms with Gasteiger partial charge in [0.05, 0.1) is 12.7 Å². The Balaban J connectivity index is 2.71. The molecule has 0 radical (unpaired) electrons. The summed E-state index contributed by atoms with van der Waals surface area (Å²) in [5.41, 5.74) is 7.19. The van der Waals surface area contributed by atoms with Crippen molar-refractivity contribution in [2.45, 2.75) is 6.10 Å². The van der Waals surface area contributed by atoms with Gasteiger partial charge in [-0.25, -0.2) is 0 Å². The van der Waals surface area contributed by atoms with E-state index < -0.39 is 6.10 Å². The van der Waals surface area contributed by atoms with Crippen LogP contribution in [-0.2, 0) is 0 Å². The first-order chi connectivity index (χ1) is 7.19. The molecule has 0 heterocycles. The van der Waals surface area contributed by atoms with Crippen LogP contribution >= 0.6 is 0 Å². The van der Waals surface area contributed by atoms with Gasteiger partial charge in [0, 0.05) is 25.8 Å². The number of aliphatic hydroxyl groups excluding tert-OH is 2. The largest absolute Gasteiger partial charge is 0.395 e. The molecule has 0 saturated heterocycles. The molecule has 4 heteroatoms. The Kier molecular flexibility index (Phi) is 4.55. The molecule has 15 heavy (non-hydrogen) atoms. The third-order valence-corrected chi connectivity index (χ3v) is 2.38. The molecule has 0 bridgehead atoms. The topological polar surface area (TPSA) is 69.7 Å². The van der Waals surface area contributed by atoms with Crippen molar-refractivity contribution in [2.24, 2.45) is 5.73 Å². The third-order valence-electron chi connectivity index (χ3n) is 2.38. The summed E-state index contributed by atoms with van der Waals surface area (Å²) in [7, 11) is 1.91. The standard InChI is InChI=1S/C11H18N2O2/c1-13(6-7-14)10-4-2-9(3-5-10)11(15)8-12/h2-5,11,14-15H,6-8,12H2,1H3. The summed E-state index contributed by atoms with van der Waals surface area (Å²) < 4.78 is 0. The zero-order valence-corrected chi connectivity index (χ0v) is 8.93. The van der Waals surface area contributed by atoms with E-state index in [9.17, 15) is 5.11 Å². The maximum atomic E-state index is 9.48. The first-order valence-electron chi connectivity index (χ1n) is 4.99. The van der Waals surface area contributed by atoms with Crippen molar-refractivity contribution in [1.82, 2.24) is 0 Å². The van der Waals surface area contributed by atoms with Crippen LogP contribution in [-0.4, -0.2) is 37.0 Å². The van der Waals surface area contributed by atoms with E-state index in [1.54, 1.807) is 0 Å². The van der Waals surface area contributed by atoms with Gasteiger partial charge in [0.15, 0.2) is 0 Å². The summed E-state index contributed by atoms with van der Waals surface area (Å²) in [5, 5.41) is 18.3. The van der Waals surface area contributed by atoms with Crippen molar-refractivity contribution in [3.8, 4) is 0 Å². The van der Waals surface area contributed by atoms with E-state index in [0.29, 0.717) is 6.54 Å². The van der Waals surface area contributed by atoms with Gasteiger partial charge in [0.25, 0.3) is 0 Å². The quantitative estimate of drug-likeness (QED) is 0.645. The molecule has 1 aromatic carbocycles. The van der Waals surface area contributed by atoms with E-state index in [4.69, 9.17) is 10.8 Å². The predicted molar refractivity (Wildman–Crippen MR) is 60.8 cm³/mol. The summed E-state index contributed by atoms with van der Waals surface area (Å²) >= 11 is 0. The van der Waals surface area contributed by atoms with Crippen molar-refractivity contribution in [1.29, 1.82) is 0 Å². The number of anilines is 1. The number of hydrogen-bond donors (Lipinski definition) is 3. The lowest BCUT2D eigenvalue weighted by molar-refractivity contribution is 0.187. The maximum Gasteiger partial charge on any atom is 0.0912 e. The van der Waals surface area contributed by atoms with Crippen molar-refractivity contribution >= 4 is 5.69 Å². The third kappa shape index (κ3) is 3.20. The van der Waals surface area contributed by atoms with Crippen molar-refractivity contribution in [3.05, 3.63) is 29.8 Å². The highest BCUT2D eigenvalue weighted by Gasteiger charge is 2.05. The first-order valence-corrected chi connectivity index (χ1v) is 4.99. The molecule has 1 aromatic rings. The Labute approximate surface area is 89.9 Å². The Hall–Kier alpha value is -1.10. The highest BCUT2D eigenvalue weighted by atomic mass is 16.3. The van der Waals surface area contributed by atoms with Gasteiger partial charge >= 0.3 is 0 Å². The molecule has 1 rings (SSSR count). The fourth-order valence-corrected chi connectivity index (χ4v) is 1.37. The highest BCUT2D eigenvalue weighted by Crippen LogP contribution is 2.17. The number of hydrogen-bond acceptors (Lipinski definition) is 4. The van der Waals surface area contributed by atoms with Gasteiger partial charge in [0.2, 0.25) is 0 Å². The van der Waals surface area contributed by atoms with Crippen LogP contribution in [0.1, 0.15) is 11.7 Å². The average molecular weight is 210 g/mol. The van der Waals surface area contributed by atoms with Crippen LogP contribution in [0.25, 0.3) is 0 Å². The smallest absolute Gasteiger partial charge is 0.0912 e. The summed E-state index contributed by atoms with van der Waals surface area (Å²) in [4.78, 5) is 1.94. The van der Waals surface area contributed by atoms with Gasteiger partial charge in [-0.1, -0.05) is 12.1 Å². The molecule has 84 valence electrons. The molecule has 0 aliphatic rings. The van der Waals surface area contributed by atoms with Gasteiger partial charge in [0.1, 0.15) is 0 Å². The number of nitrogens with two attached hydrogens (primary N) is 1. The molecule has 1 atom stereocenters. The number of aliphatic hydroxyl groups is 2. The van der Waals surface area contributed by atoms with Crippen LogP contribution in [0.2, 0.25) is 0 Å². The second kappa shape index (κ2) is 5.70. The van der Waals surface area contributed by atoms with E-state index in [2.05, 4.69) is 0 Å². The number of benzene rings is 1.